The van der Waals surface area contributed by atoms with E-state index in [1.165, 1.54) is 0 Å². The second-order valence-electron chi connectivity index (χ2n) is 7.10. The quantitative estimate of drug-likeness (QED) is 0.395. The van der Waals surface area contributed by atoms with Gasteiger partial charge in [0.1, 0.15) is 5.75 Å². The van der Waals surface area contributed by atoms with Crippen LogP contribution in [0, 0.1) is 0 Å². The summed E-state index contributed by atoms with van der Waals surface area (Å²) in [6.45, 7) is 1.05. The van der Waals surface area contributed by atoms with E-state index in [4.69, 9.17) is 27.9 Å². The van der Waals surface area contributed by atoms with Crippen molar-refractivity contribution in [1.29, 1.82) is 0 Å². The first-order valence-electron chi connectivity index (χ1n) is 9.94. The van der Waals surface area contributed by atoms with Gasteiger partial charge in [-0.25, -0.2) is 0 Å². The van der Waals surface area contributed by atoms with Crippen LogP contribution in [0.2, 0.25) is 10.0 Å². The van der Waals surface area contributed by atoms with Gasteiger partial charge in [-0.15, -0.1) is 0 Å². The molecule has 0 aliphatic rings. The fourth-order valence-corrected chi connectivity index (χ4v) is 3.87. The Kier molecular flexibility index (Phi) is 8.18. The molecule has 0 aromatic heterocycles. The van der Waals surface area contributed by atoms with E-state index in [1.807, 2.05) is 71.6 Å². The summed E-state index contributed by atoms with van der Waals surface area (Å²) in [5, 5.41) is 1.23. The first-order chi connectivity index (χ1) is 14.6. The highest BCUT2D eigenvalue weighted by atomic mass is 35.5. The van der Waals surface area contributed by atoms with Gasteiger partial charge in [0.25, 0.3) is 0 Å². The molecule has 3 aromatic rings. The van der Waals surface area contributed by atoms with Crippen LogP contribution in [-0.2, 0) is 24.2 Å². The number of rotatable bonds is 9. The third kappa shape index (κ3) is 6.25. The molecule has 0 unspecified atom stereocenters. The lowest BCUT2D eigenvalue weighted by Gasteiger charge is -2.24. The van der Waals surface area contributed by atoms with Crippen molar-refractivity contribution < 1.29 is 9.53 Å². The lowest BCUT2D eigenvalue weighted by molar-refractivity contribution is -0.131. The zero-order valence-electron chi connectivity index (χ0n) is 17.0. The number of benzene rings is 3. The summed E-state index contributed by atoms with van der Waals surface area (Å²) in [4.78, 5) is 15.0. The molecule has 0 spiro atoms. The van der Waals surface area contributed by atoms with Crippen molar-refractivity contribution in [3.05, 3.63) is 99.5 Å². The number of ether oxygens (including phenoxy) is 1. The smallest absolute Gasteiger partial charge is 0.223 e. The standard InChI is InChI=1S/C25H25Cl2NO2/c1-30-24-10-6-5-9-21(24)18-28(16-15-20-12-13-22(26)17-23(20)27)25(29)14-11-19-7-3-2-4-8-19/h2-10,12-13,17H,11,14-16,18H2,1H3. The Morgan fingerprint density at radius 1 is 0.900 bits per heavy atom. The molecule has 0 bridgehead atoms. The van der Waals surface area contributed by atoms with Crippen LogP contribution in [-0.4, -0.2) is 24.5 Å². The maximum absolute atomic E-state index is 13.1. The van der Waals surface area contributed by atoms with Gasteiger partial charge in [0.2, 0.25) is 5.91 Å². The number of nitrogens with zero attached hydrogens (tertiary/aromatic N) is 1. The molecule has 0 radical (unpaired) electrons. The number of aryl methyl sites for hydroxylation is 1. The Labute approximate surface area is 188 Å². The zero-order chi connectivity index (χ0) is 21.3. The van der Waals surface area contributed by atoms with Gasteiger partial charge < -0.3 is 9.64 Å². The van der Waals surface area contributed by atoms with Crippen molar-refractivity contribution >= 4 is 29.1 Å². The van der Waals surface area contributed by atoms with Crippen LogP contribution < -0.4 is 4.74 Å². The lowest BCUT2D eigenvalue weighted by Crippen LogP contribution is -2.33. The molecule has 156 valence electrons. The summed E-state index contributed by atoms with van der Waals surface area (Å²) >= 11 is 12.3. The van der Waals surface area contributed by atoms with Crippen LogP contribution in [0.25, 0.3) is 0 Å². The molecule has 0 heterocycles. The molecule has 5 heteroatoms. The third-order valence-electron chi connectivity index (χ3n) is 5.04. The van der Waals surface area contributed by atoms with Gasteiger partial charge in [-0.2, -0.15) is 0 Å². The number of carbonyl (C=O) groups excluding carboxylic acids is 1. The minimum atomic E-state index is 0.106. The van der Waals surface area contributed by atoms with Gasteiger partial charge in [0.15, 0.2) is 0 Å². The van der Waals surface area contributed by atoms with Crippen molar-refractivity contribution in [3.8, 4) is 5.75 Å². The number of para-hydroxylation sites is 1. The molecule has 0 atom stereocenters. The minimum Gasteiger partial charge on any atom is -0.496 e. The maximum atomic E-state index is 13.1. The molecule has 0 fully saturated rings. The predicted molar refractivity (Wildman–Crippen MR) is 123 cm³/mol. The van der Waals surface area contributed by atoms with Gasteiger partial charge in [0.05, 0.1) is 7.11 Å². The van der Waals surface area contributed by atoms with Crippen LogP contribution in [0.3, 0.4) is 0 Å². The van der Waals surface area contributed by atoms with E-state index < -0.39 is 0 Å². The van der Waals surface area contributed by atoms with Crippen LogP contribution in [0.15, 0.2) is 72.8 Å². The molecule has 3 aromatic carbocycles. The maximum Gasteiger partial charge on any atom is 0.223 e. The van der Waals surface area contributed by atoms with E-state index in [-0.39, 0.29) is 5.91 Å². The Morgan fingerprint density at radius 3 is 2.37 bits per heavy atom. The summed E-state index contributed by atoms with van der Waals surface area (Å²) in [5.41, 5.74) is 3.11. The molecular formula is C25H25Cl2NO2. The first-order valence-corrected chi connectivity index (χ1v) is 10.7. The Hall–Kier alpha value is -2.49. The first kappa shape index (κ1) is 22.2. The van der Waals surface area contributed by atoms with Gasteiger partial charge in [-0.05, 0) is 42.2 Å². The number of hydrogen-bond acceptors (Lipinski definition) is 2. The SMILES string of the molecule is COc1ccccc1CN(CCc1ccc(Cl)cc1Cl)C(=O)CCc1ccccc1. The predicted octanol–water partition coefficient (Wildman–Crippen LogP) is 6.21. The molecule has 30 heavy (non-hydrogen) atoms. The van der Waals surface area contributed by atoms with Crippen LogP contribution in [0.1, 0.15) is 23.1 Å². The lowest BCUT2D eigenvalue weighted by atomic mass is 10.1. The van der Waals surface area contributed by atoms with Gasteiger partial charge in [-0.3, -0.25) is 4.79 Å². The van der Waals surface area contributed by atoms with Crippen molar-refractivity contribution in [2.24, 2.45) is 0 Å². The molecule has 0 aliphatic carbocycles. The summed E-state index contributed by atoms with van der Waals surface area (Å²) < 4.78 is 5.48. The van der Waals surface area contributed by atoms with Gasteiger partial charge in [0, 0.05) is 35.1 Å². The van der Waals surface area contributed by atoms with Gasteiger partial charge >= 0.3 is 0 Å². The fourth-order valence-electron chi connectivity index (χ4n) is 3.37. The number of methoxy groups -OCH3 is 1. The normalized spacial score (nSPS) is 10.6. The number of hydrogen-bond donors (Lipinski definition) is 0. The van der Waals surface area contributed by atoms with E-state index >= 15 is 0 Å². The largest absolute Gasteiger partial charge is 0.496 e. The molecule has 0 aliphatic heterocycles. The average molecular weight is 442 g/mol. The third-order valence-corrected chi connectivity index (χ3v) is 5.63. The summed E-state index contributed by atoms with van der Waals surface area (Å²) in [6, 6.07) is 23.3. The minimum absolute atomic E-state index is 0.106. The monoisotopic (exact) mass is 441 g/mol. The van der Waals surface area contributed by atoms with Crippen LogP contribution in [0.4, 0.5) is 0 Å². The second kappa shape index (κ2) is 11.1. The zero-order valence-corrected chi connectivity index (χ0v) is 18.5. The van der Waals surface area contributed by atoms with Crippen LogP contribution in [0.5, 0.6) is 5.75 Å². The highest BCUT2D eigenvalue weighted by molar-refractivity contribution is 6.35. The summed E-state index contributed by atoms with van der Waals surface area (Å²) in [6.07, 6.45) is 1.82. The van der Waals surface area contributed by atoms with Crippen LogP contribution >= 0.6 is 23.2 Å². The van der Waals surface area contributed by atoms with Crippen molar-refractivity contribution in [3.63, 3.8) is 0 Å². The van der Waals surface area contributed by atoms with Crippen molar-refractivity contribution in [2.75, 3.05) is 13.7 Å². The van der Waals surface area contributed by atoms with E-state index in [2.05, 4.69) is 0 Å². The molecule has 0 saturated heterocycles. The molecule has 3 rings (SSSR count). The summed E-state index contributed by atoms with van der Waals surface area (Å²) in [5.74, 6) is 0.887. The van der Waals surface area contributed by atoms with E-state index in [0.29, 0.717) is 42.4 Å². The van der Waals surface area contributed by atoms with Gasteiger partial charge in [-0.1, -0.05) is 77.8 Å². The second-order valence-corrected chi connectivity index (χ2v) is 7.94. The van der Waals surface area contributed by atoms with E-state index in [1.54, 1.807) is 13.2 Å². The molecule has 3 nitrogen and oxygen atoms in total. The molecule has 1 amide bonds. The highest BCUT2D eigenvalue weighted by Gasteiger charge is 2.17. The topological polar surface area (TPSA) is 29.5 Å². The Bertz CT molecular complexity index is 976. The Balaban J connectivity index is 1.73. The molecule has 0 saturated carbocycles. The number of amides is 1. The molecular weight excluding hydrogens is 417 g/mol. The highest BCUT2D eigenvalue weighted by Crippen LogP contribution is 2.23. The average Bonchev–Trinajstić information content (AvgIpc) is 2.77. The van der Waals surface area contributed by atoms with Crippen molar-refractivity contribution in [1.82, 2.24) is 4.90 Å². The van der Waals surface area contributed by atoms with E-state index in [9.17, 15) is 4.79 Å². The molecule has 0 N–H and O–H groups in total. The van der Waals surface area contributed by atoms with E-state index in [0.717, 1.165) is 22.4 Å². The summed E-state index contributed by atoms with van der Waals surface area (Å²) in [7, 11) is 1.65. The van der Waals surface area contributed by atoms with Crippen molar-refractivity contribution in [2.45, 2.75) is 25.8 Å². The fraction of sp³-hybridized carbons (Fsp3) is 0.240. The number of halogens is 2. The number of carbonyl (C=O) groups is 1. The Morgan fingerprint density at radius 2 is 1.63 bits per heavy atom.